The van der Waals surface area contributed by atoms with Gasteiger partial charge in [0.05, 0.1) is 5.75 Å². The molecule has 6 heteroatoms. The van der Waals surface area contributed by atoms with Crippen LogP contribution in [0, 0.1) is 6.92 Å². The molecular weight excluding hydrogens is 440 g/mol. The summed E-state index contributed by atoms with van der Waals surface area (Å²) in [5.74, 6) is 1.00. The minimum absolute atomic E-state index is 0.0320. The summed E-state index contributed by atoms with van der Waals surface area (Å²) in [6.45, 7) is 4.36. The molecule has 0 saturated heterocycles. The Hall–Kier alpha value is -1.98. The van der Waals surface area contributed by atoms with Crippen LogP contribution in [0.25, 0.3) is 0 Å². The van der Waals surface area contributed by atoms with E-state index in [-0.39, 0.29) is 17.9 Å². The van der Waals surface area contributed by atoms with Crippen LogP contribution in [-0.4, -0.2) is 34.6 Å². The van der Waals surface area contributed by atoms with Crippen molar-refractivity contribution in [2.24, 2.45) is 0 Å². The zero-order valence-corrected chi connectivity index (χ0v) is 20.6. The summed E-state index contributed by atoms with van der Waals surface area (Å²) in [4.78, 5) is 28.2. The molecule has 0 radical (unpaired) electrons. The molecule has 0 aromatic heterocycles. The number of nitrogens with zero attached hydrogens (tertiary/aromatic N) is 1. The quantitative estimate of drug-likeness (QED) is 0.479. The number of benzene rings is 2. The molecule has 1 aliphatic rings. The third-order valence-electron chi connectivity index (χ3n) is 6.00. The number of thioether (sulfide) groups is 1. The molecule has 1 aliphatic carbocycles. The molecule has 1 atom stereocenters. The van der Waals surface area contributed by atoms with Gasteiger partial charge < -0.3 is 10.2 Å². The molecule has 2 aromatic rings. The van der Waals surface area contributed by atoms with Gasteiger partial charge in [0, 0.05) is 23.4 Å². The number of hydrogen-bond donors (Lipinski definition) is 1. The molecule has 1 N–H and O–H groups in total. The average Bonchev–Trinajstić information content (AvgIpc) is 3.29. The van der Waals surface area contributed by atoms with Gasteiger partial charge in [0.25, 0.3) is 0 Å². The molecule has 2 amide bonds. The standard InChI is InChI=1S/C26H33ClN2O2S/c1-3-24(26(31)28-22-9-5-6-10-22)29(16-21-8-4-7-11-23(21)27)25(30)18-32-17-20-14-12-19(2)13-15-20/h4,7-8,11-15,22,24H,3,5-6,9-10,16-18H2,1-2H3,(H,28,31)/t24-/m0/s1. The Morgan fingerprint density at radius 2 is 1.81 bits per heavy atom. The lowest BCUT2D eigenvalue weighted by Gasteiger charge is -2.31. The zero-order chi connectivity index (χ0) is 22.9. The second-order valence-electron chi connectivity index (χ2n) is 8.51. The predicted molar refractivity (Wildman–Crippen MR) is 134 cm³/mol. The van der Waals surface area contributed by atoms with Gasteiger partial charge in [0.15, 0.2) is 0 Å². The number of halogens is 1. The minimum Gasteiger partial charge on any atom is -0.352 e. The van der Waals surface area contributed by atoms with Gasteiger partial charge in [0.1, 0.15) is 6.04 Å². The number of hydrogen-bond acceptors (Lipinski definition) is 3. The predicted octanol–water partition coefficient (Wildman–Crippen LogP) is 5.75. The fourth-order valence-electron chi connectivity index (χ4n) is 4.12. The summed E-state index contributed by atoms with van der Waals surface area (Å²) in [5, 5.41) is 3.79. The van der Waals surface area contributed by atoms with Crippen LogP contribution in [0.15, 0.2) is 48.5 Å². The maximum Gasteiger partial charge on any atom is 0.243 e. The first-order valence-corrected chi connectivity index (χ1v) is 13.0. The Bertz CT molecular complexity index is 897. The van der Waals surface area contributed by atoms with E-state index in [4.69, 9.17) is 11.6 Å². The van der Waals surface area contributed by atoms with Crippen molar-refractivity contribution >= 4 is 35.2 Å². The lowest BCUT2D eigenvalue weighted by Crippen LogP contribution is -2.51. The Morgan fingerprint density at radius 1 is 1.12 bits per heavy atom. The average molecular weight is 473 g/mol. The van der Waals surface area contributed by atoms with E-state index in [1.165, 1.54) is 11.1 Å². The molecule has 4 nitrogen and oxygen atoms in total. The summed E-state index contributed by atoms with van der Waals surface area (Å²) in [6, 6.07) is 15.6. The second kappa shape index (κ2) is 12.3. The van der Waals surface area contributed by atoms with Crippen LogP contribution in [0.3, 0.4) is 0 Å². The van der Waals surface area contributed by atoms with Crippen LogP contribution in [0.4, 0.5) is 0 Å². The molecule has 0 spiro atoms. The molecule has 1 fully saturated rings. The van der Waals surface area contributed by atoms with E-state index >= 15 is 0 Å². The largest absolute Gasteiger partial charge is 0.352 e. The van der Waals surface area contributed by atoms with Gasteiger partial charge in [0.2, 0.25) is 11.8 Å². The van der Waals surface area contributed by atoms with Gasteiger partial charge >= 0.3 is 0 Å². The monoisotopic (exact) mass is 472 g/mol. The molecule has 2 aromatic carbocycles. The molecule has 0 aliphatic heterocycles. The maximum absolute atomic E-state index is 13.3. The van der Waals surface area contributed by atoms with Crippen molar-refractivity contribution in [3.8, 4) is 0 Å². The third-order valence-corrected chi connectivity index (χ3v) is 7.36. The van der Waals surface area contributed by atoms with Crippen LogP contribution in [0.5, 0.6) is 0 Å². The highest BCUT2D eigenvalue weighted by Gasteiger charge is 2.30. The number of aryl methyl sites for hydroxylation is 1. The minimum atomic E-state index is -0.501. The zero-order valence-electron chi connectivity index (χ0n) is 19.0. The van der Waals surface area contributed by atoms with Crippen LogP contribution < -0.4 is 5.32 Å². The number of carbonyl (C=O) groups is 2. The molecular formula is C26H33ClN2O2S. The summed E-state index contributed by atoms with van der Waals surface area (Å²) in [5.41, 5.74) is 3.27. The highest BCUT2D eigenvalue weighted by atomic mass is 35.5. The van der Waals surface area contributed by atoms with E-state index in [0.717, 1.165) is 37.0 Å². The Balaban J connectivity index is 1.70. The van der Waals surface area contributed by atoms with Gasteiger partial charge in [-0.05, 0) is 43.4 Å². The topological polar surface area (TPSA) is 49.4 Å². The first-order valence-electron chi connectivity index (χ1n) is 11.4. The first-order chi connectivity index (χ1) is 15.5. The lowest BCUT2D eigenvalue weighted by atomic mass is 10.1. The molecule has 3 rings (SSSR count). The molecule has 1 saturated carbocycles. The summed E-state index contributed by atoms with van der Waals surface area (Å²) >= 11 is 7.97. The number of amides is 2. The van der Waals surface area contributed by atoms with E-state index in [9.17, 15) is 9.59 Å². The lowest BCUT2D eigenvalue weighted by molar-refractivity contribution is -0.139. The fraction of sp³-hybridized carbons (Fsp3) is 0.462. The van der Waals surface area contributed by atoms with E-state index in [0.29, 0.717) is 23.7 Å². The van der Waals surface area contributed by atoms with Gasteiger partial charge in [-0.15, -0.1) is 11.8 Å². The fourth-order valence-corrected chi connectivity index (χ4v) is 5.19. The summed E-state index contributed by atoms with van der Waals surface area (Å²) in [6.07, 6.45) is 4.91. The Morgan fingerprint density at radius 3 is 2.47 bits per heavy atom. The van der Waals surface area contributed by atoms with Gasteiger partial charge in [-0.25, -0.2) is 0 Å². The van der Waals surface area contributed by atoms with Crippen molar-refractivity contribution in [1.82, 2.24) is 10.2 Å². The van der Waals surface area contributed by atoms with Crippen molar-refractivity contribution in [2.75, 3.05) is 5.75 Å². The van der Waals surface area contributed by atoms with Crippen LogP contribution >= 0.6 is 23.4 Å². The Kier molecular flexibility index (Phi) is 9.49. The number of rotatable bonds is 10. The summed E-state index contributed by atoms with van der Waals surface area (Å²) < 4.78 is 0. The Labute approximate surface area is 201 Å². The van der Waals surface area contributed by atoms with Crippen LogP contribution in [0.2, 0.25) is 5.02 Å². The number of nitrogens with one attached hydrogen (secondary N) is 1. The van der Waals surface area contributed by atoms with Crippen LogP contribution in [0.1, 0.15) is 55.7 Å². The van der Waals surface area contributed by atoms with Gasteiger partial charge in [-0.1, -0.05) is 79.4 Å². The van der Waals surface area contributed by atoms with Crippen molar-refractivity contribution in [1.29, 1.82) is 0 Å². The van der Waals surface area contributed by atoms with Crippen molar-refractivity contribution in [3.63, 3.8) is 0 Å². The van der Waals surface area contributed by atoms with Gasteiger partial charge in [-0.3, -0.25) is 9.59 Å². The summed E-state index contributed by atoms with van der Waals surface area (Å²) in [7, 11) is 0. The van der Waals surface area contributed by atoms with Crippen LogP contribution in [-0.2, 0) is 21.9 Å². The SMILES string of the molecule is CC[C@@H](C(=O)NC1CCCC1)N(Cc1ccccc1Cl)C(=O)CSCc1ccc(C)cc1. The normalized spacial score (nSPS) is 14.8. The molecule has 0 heterocycles. The smallest absolute Gasteiger partial charge is 0.243 e. The van der Waals surface area contributed by atoms with E-state index < -0.39 is 6.04 Å². The van der Waals surface area contributed by atoms with E-state index in [2.05, 4.69) is 36.5 Å². The second-order valence-corrected chi connectivity index (χ2v) is 9.90. The third kappa shape index (κ3) is 7.01. The van der Waals surface area contributed by atoms with E-state index in [1.54, 1.807) is 16.7 Å². The highest BCUT2D eigenvalue weighted by Crippen LogP contribution is 2.23. The van der Waals surface area contributed by atoms with Crippen molar-refractivity contribution in [3.05, 3.63) is 70.2 Å². The number of carbonyl (C=O) groups excluding carboxylic acids is 2. The molecule has 0 unspecified atom stereocenters. The highest BCUT2D eigenvalue weighted by molar-refractivity contribution is 7.99. The molecule has 32 heavy (non-hydrogen) atoms. The first kappa shape index (κ1) is 24.7. The van der Waals surface area contributed by atoms with E-state index in [1.807, 2.05) is 31.2 Å². The van der Waals surface area contributed by atoms with Crippen molar-refractivity contribution in [2.45, 2.75) is 70.3 Å². The molecule has 0 bridgehead atoms. The van der Waals surface area contributed by atoms with Crippen molar-refractivity contribution < 1.29 is 9.59 Å². The molecule has 172 valence electrons. The maximum atomic E-state index is 13.3. The van der Waals surface area contributed by atoms with Gasteiger partial charge in [-0.2, -0.15) is 0 Å².